The van der Waals surface area contributed by atoms with Gasteiger partial charge in [-0.3, -0.25) is 0 Å². The first-order chi connectivity index (χ1) is 17.9. The molecule has 0 unspecified atom stereocenters. The van der Waals surface area contributed by atoms with E-state index in [1.165, 1.54) is 12.1 Å². The fraction of sp³-hybridized carbons (Fsp3) is 0.667. The molecule has 23 heteroatoms. The third-order valence-electron chi connectivity index (χ3n) is 4.75. The lowest BCUT2D eigenvalue weighted by Gasteiger charge is -2.42. The monoisotopic (exact) mass is 735 g/mol. The van der Waals surface area contributed by atoms with Crippen molar-refractivity contribution in [1.29, 1.82) is 0 Å². The lowest BCUT2D eigenvalue weighted by atomic mass is 9.88. The van der Waals surface area contributed by atoms with Crippen LogP contribution in [0.25, 0.3) is 0 Å². The maximum atomic E-state index is 13.9. The minimum Gasteiger partial charge on any atom is -0.494 e. The Labute approximate surface area is 240 Å². The zero-order valence-electron chi connectivity index (χ0n) is 18.7. The highest BCUT2D eigenvalue weighted by atomic mass is 35.6. The molecule has 0 heterocycles. The highest BCUT2D eigenvalue weighted by Gasteiger charge is 2.95. The van der Waals surface area contributed by atoms with E-state index in [0.717, 1.165) is 33.7 Å². The molecule has 0 bridgehead atoms. The van der Waals surface area contributed by atoms with Crippen molar-refractivity contribution in [3.05, 3.63) is 24.3 Å². The molecule has 0 atom stereocenters. The predicted octanol–water partition coefficient (Wildman–Crippen LogP) is 10.9. The lowest BCUT2D eigenvalue weighted by molar-refractivity contribution is -0.461. The van der Waals surface area contributed by atoms with Crippen molar-refractivity contribution >= 4 is 56.4 Å². The van der Waals surface area contributed by atoms with Crippen LogP contribution in [0, 0.1) is 0 Å². The topological polar surface area (TPSA) is 9.23 Å². The molecule has 1 rings (SSSR count). The van der Waals surface area contributed by atoms with Crippen molar-refractivity contribution in [3.8, 4) is 5.75 Å². The van der Waals surface area contributed by atoms with E-state index in [0.29, 0.717) is 4.90 Å². The molecule has 240 valence electrons. The van der Waals surface area contributed by atoms with Gasteiger partial charge in [0.2, 0.25) is 3.12 Å². The Morgan fingerprint density at radius 1 is 0.561 bits per heavy atom. The highest BCUT2D eigenvalue weighted by molar-refractivity contribution is 8.78. The fourth-order valence-corrected chi connectivity index (χ4v) is 4.72. The van der Waals surface area contributed by atoms with Crippen LogP contribution in [0.2, 0.25) is 0 Å². The Bertz CT molecular complexity index is 1030. The van der Waals surface area contributed by atoms with E-state index in [-0.39, 0.29) is 5.75 Å². The van der Waals surface area contributed by atoms with Crippen LogP contribution in [0.4, 0.5) is 74.6 Å². The molecule has 0 N–H and O–H groups in total. The van der Waals surface area contributed by atoms with Crippen molar-refractivity contribution in [1.82, 2.24) is 0 Å². The zero-order chi connectivity index (χ0) is 32.7. The Morgan fingerprint density at radius 3 is 1.34 bits per heavy atom. The third-order valence-corrected chi connectivity index (χ3v) is 8.58. The average Bonchev–Trinajstić information content (AvgIpc) is 2.79. The molecule has 0 aliphatic heterocycles. The Kier molecular flexibility index (Phi) is 11.3. The quantitative estimate of drug-likeness (QED) is 0.0656. The van der Waals surface area contributed by atoms with Gasteiger partial charge in [0.05, 0.1) is 6.61 Å². The van der Waals surface area contributed by atoms with E-state index in [2.05, 4.69) is 0 Å². The summed E-state index contributed by atoms with van der Waals surface area (Å²) in [7, 11) is 1.69. The van der Waals surface area contributed by atoms with Crippen molar-refractivity contribution < 1.29 is 79.4 Å². The van der Waals surface area contributed by atoms with E-state index < -0.39 is 70.2 Å². The summed E-state index contributed by atoms with van der Waals surface area (Å²) in [4.78, 5) is 0.429. The highest BCUT2D eigenvalue weighted by Crippen LogP contribution is 2.64. The van der Waals surface area contributed by atoms with Gasteiger partial charge < -0.3 is 4.74 Å². The molecule has 0 fully saturated rings. The number of alkyl halides is 20. The molecular weight excluding hydrogens is 727 g/mol. The molecular formula is C18H10Cl3F17OS2. The maximum Gasteiger partial charge on any atom is 0.460 e. The molecule has 41 heavy (non-hydrogen) atoms. The first-order valence-electron chi connectivity index (χ1n) is 9.77. The normalized spacial score (nSPS) is 15.3. The molecule has 0 saturated carbocycles. The zero-order valence-corrected chi connectivity index (χ0v) is 22.6. The molecule has 0 aliphatic carbocycles. The van der Waals surface area contributed by atoms with Crippen LogP contribution >= 0.6 is 56.4 Å². The van der Waals surface area contributed by atoms with Crippen LogP contribution in [-0.2, 0) is 0 Å². The van der Waals surface area contributed by atoms with Gasteiger partial charge in [-0.1, -0.05) is 45.6 Å². The van der Waals surface area contributed by atoms with Gasteiger partial charge >= 0.3 is 47.6 Å². The SMILES string of the molecule is FC(F)(F)C(F)(F)C(F)(F)C(F)(F)C(F)(F)C(F)(F)C(F)(F)C(F)(F)CCCOc1ccc(SS[13C](Cl)(Cl)Cl)cc1. The standard InChI is InChI=1S/C18H10Cl3F17OS2/c19-18(20,21)41-40-9-4-2-8(3-5-9)39-7-1-6-10(22,23)11(24,25)12(26,27)13(28,29)14(30,31)15(32,33)16(34,35)17(36,37)38/h2-5H,1,6-7H2/i18+1. The second kappa shape index (κ2) is 12.1. The van der Waals surface area contributed by atoms with Gasteiger partial charge in [-0.25, -0.2) is 0 Å². The maximum absolute atomic E-state index is 13.9. The molecule has 0 saturated heterocycles. The van der Waals surface area contributed by atoms with Gasteiger partial charge in [0.15, 0.2) is 0 Å². The summed E-state index contributed by atoms with van der Waals surface area (Å²) >= 11 is 16.5. The largest absolute Gasteiger partial charge is 0.494 e. The molecule has 1 aromatic carbocycles. The molecule has 0 radical (unpaired) electrons. The summed E-state index contributed by atoms with van der Waals surface area (Å²) in [6, 6.07) is 4.88. The average molecular weight is 737 g/mol. The molecule has 1 aromatic rings. The van der Waals surface area contributed by atoms with Crippen molar-refractivity contribution in [2.45, 2.75) is 68.5 Å². The molecule has 1 nitrogen and oxygen atoms in total. The summed E-state index contributed by atoms with van der Waals surface area (Å²) < 4.78 is 228. The van der Waals surface area contributed by atoms with Crippen LogP contribution in [0.3, 0.4) is 0 Å². The Balaban J connectivity index is 3.07. The number of ether oxygens (including phenoxy) is 1. The minimum absolute atomic E-state index is 0.173. The fourth-order valence-electron chi connectivity index (χ4n) is 2.52. The van der Waals surface area contributed by atoms with E-state index in [9.17, 15) is 74.6 Å². The van der Waals surface area contributed by atoms with Gasteiger partial charge in [0.1, 0.15) is 5.75 Å². The summed E-state index contributed by atoms with van der Waals surface area (Å²) in [6.45, 7) is -1.05. The van der Waals surface area contributed by atoms with Crippen molar-refractivity contribution in [2.75, 3.05) is 6.61 Å². The molecule has 0 aromatic heterocycles. The van der Waals surface area contributed by atoms with E-state index >= 15 is 0 Å². The van der Waals surface area contributed by atoms with Crippen LogP contribution < -0.4 is 4.74 Å². The number of halogens is 20. The van der Waals surface area contributed by atoms with Gasteiger partial charge in [-0.05, 0) is 41.5 Å². The smallest absolute Gasteiger partial charge is 0.460 e. The molecule has 0 spiro atoms. The summed E-state index contributed by atoms with van der Waals surface area (Å²) in [5, 5.41) is 0. The van der Waals surface area contributed by atoms with Gasteiger partial charge in [0.25, 0.3) is 0 Å². The number of benzene rings is 1. The minimum atomic E-state index is -8.65. The third kappa shape index (κ3) is 7.38. The number of hydrogen-bond acceptors (Lipinski definition) is 3. The summed E-state index contributed by atoms with van der Waals surface area (Å²) in [6.07, 6.45) is -11.8. The van der Waals surface area contributed by atoms with Crippen molar-refractivity contribution in [2.24, 2.45) is 0 Å². The summed E-state index contributed by atoms with van der Waals surface area (Å²) in [5.74, 6) is -56.6. The van der Waals surface area contributed by atoms with Crippen LogP contribution in [-0.4, -0.2) is 57.4 Å². The second-order valence-electron chi connectivity index (χ2n) is 7.68. The van der Waals surface area contributed by atoms with Gasteiger partial charge in [0, 0.05) is 11.3 Å². The van der Waals surface area contributed by atoms with E-state index in [4.69, 9.17) is 39.5 Å². The van der Waals surface area contributed by atoms with E-state index in [1.807, 2.05) is 0 Å². The molecule has 0 aliphatic rings. The van der Waals surface area contributed by atoms with Gasteiger partial charge in [-0.15, -0.1) is 0 Å². The van der Waals surface area contributed by atoms with Crippen LogP contribution in [0.15, 0.2) is 29.2 Å². The first-order valence-corrected chi connectivity index (χ1v) is 13.1. The number of rotatable bonds is 13. The summed E-state index contributed by atoms with van der Waals surface area (Å²) in [5.41, 5.74) is 0. The Hall–Kier alpha value is -0.600. The second-order valence-corrected chi connectivity index (χ2v) is 13.1. The Morgan fingerprint density at radius 2 is 0.951 bits per heavy atom. The number of hydrogen-bond donors (Lipinski definition) is 0. The van der Waals surface area contributed by atoms with E-state index in [1.54, 1.807) is 0 Å². The predicted molar refractivity (Wildman–Crippen MR) is 116 cm³/mol. The first kappa shape index (κ1) is 38.4. The van der Waals surface area contributed by atoms with Crippen molar-refractivity contribution in [3.63, 3.8) is 0 Å². The van der Waals surface area contributed by atoms with Crippen LogP contribution in [0.1, 0.15) is 12.8 Å². The molecule has 0 amide bonds. The lowest BCUT2D eigenvalue weighted by Crippen LogP contribution is -2.74. The van der Waals surface area contributed by atoms with Gasteiger partial charge in [-0.2, -0.15) is 74.6 Å². The van der Waals surface area contributed by atoms with Crippen LogP contribution in [0.5, 0.6) is 5.75 Å².